The number of halogens is 1. The van der Waals surface area contributed by atoms with E-state index in [0.717, 1.165) is 32.1 Å². The molecule has 2 nitrogen and oxygen atoms in total. The van der Waals surface area contributed by atoms with Crippen molar-refractivity contribution in [3.8, 4) is 0 Å². The fourth-order valence-corrected chi connectivity index (χ4v) is 1.21. The van der Waals surface area contributed by atoms with E-state index in [-0.39, 0.29) is 5.92 Å². The van der Waals surface area contributed by atoms with Crippen LogP contribution in [-0.4, -0.2) is 17.0 Å². The van der Waals surface area contributed by atoms with Crippen LogP contribution < -0.4 is 0 Å². The second-order valence-electron chi connectivity index (χ2n) is 3.13. The van der Waals surface area contributed by atoms with Crippen LogP contribution in [0.3, 0.4) is 0 Å². The molecule has 1 N–H and O–H groups in total. The van der Waals surface area contributed by atoms with E-state index in [0.29, 0.717) is 5.88 Å². The zero-order chi connectivity index (χ0) is 9.40. The Balaban J connectivity index is 3.14. The molecule has 72 valence electrons. The van der Waals surface area contributed by atoms with Gasteiger partial charge in [0.05, 0.1) is 5.92 Å². The molecule has 0 fully saturated rings. The average Bonchev–Trinajstić information content (AvgIpc) is 2.03. The van der Waals surface area contributed by atoms with Gasteiger partial charge in [0.25, 0.3) is 0 Å². The number of rotatable bonds is 7. The molecule has 0 saturated carbocycles. The highest BCUT2D eigenvalue weighted by Gasteiger charge is 2.08. The number of alkyl halides is 1. The zero-order valence-corrected chi connectivity index (χ0v) is 8.31. The molecule has 1 unspecified atom stereocenters. The molecule has 0 aromatic rings. The van der Waals surface area contributed by atoms with Crippen LogP contribution in [0.25, 0.3) is 0 Å². The Bertz CT molecular complexity index is 126. The summed E-state index contributed by atoms with van der Waals surface area (Å²) >= 11 is 5.50. The number of aliphatic carboxylic acids is 1. The standard InChI is InChI=1S/C9H17ClO2/c1-8(9(11)12)6-4-2-3-5-7-10/h8H,2-7H2,1H3,(H,11,12). The molecule has 0 spiro atoms. The van der Waals surface area contributed by atoms with Crippen LogP contribution in [0.5, 0.6) is 0 Å². The molecule has 0 amide bonds. The van der Waals surface area contributed by atoms with Crippen LogP contribution >= 0.6 is 11.6 Å². The fraction of sp³-hybridized carbons (Fsp3) is 0.889. The van der Waals surface area contributed by atoms with Crippen molar-refractivity contribution in [3.63, 3.8) is 0 Å². The molecular weight excluding hydrogens is 176 g/mol. The van der Waals surface area contributed by atoms with Gasteiger partial charge in [-0.2, -0.15) is 0 Å². The monoisotopic (exact) mass is 192 g/mol. The van der Waals surface area contributed by atoms with Crippen LogP contribution in [0.1, 0.15) is 39.0 Å². The van der Waals surface area contributed by atoms with Gasteiger partial charge in [0.1, 0.15) is 0 Å². The maximum Gasteiger partial charge on any atom is 0.306 e. The molecule has 0 aliphatic carbocycles. The van der Waals surface area contributed by atoms with Crippen molar-refractivity contribution in [3.05, 3.63) is 0 Å². The van der Waals surface area contributed by atoms with Gasteiger partial charge < -0.3 is 5.11 Å². The lowest BCUT2D eigenvalue weighted by Crippen LogP contribution is -2.08. The normalized spacial score (nSPS) is 12.8. The summed E-state index contributed by atoms with van der Waals surface area (Å²) in [5.41, 5.74) is 0. The summed E-state index contributed by atoms with van der Waals surface area (Å²) < 4.78 is 0. The Labute approximate surface area is 78.9 Å². The largest absolute Gasteiger partial charge is 0.481 e. The minimum Gasteiger partial charge on any atom is -0.481 e. The second-order valence-corrected chi connectivity index (χ2v) is 3.51. The van der Waals surface area contributed by atoms with Gasteiger partial charge in [0, 0.05) is 5.88 Å². The lowest BCUT2D eigenvalue weighted by Gasteiger charge is -2.04. The maximum atomic E-state index is 10.4. The Kier molecular flexibility index (Phi) is 7.26. The van der Waals surface area contributed by atoms with Crippen LogP contribution in [0.2, 0.25) is 0 Å². The van der Waals surface area contributed by atoms with Crippen LogP contribution in [0, 0.1) is 5.92 Å². The first-order valence-electron chi connectivity index (χ1n) is 4.47. The van der Waals surface area contributed by atoms with Crippen molar-refractivity contribution in [2.45, 2.75) is 39.0 Å². The first-order chi connectivity index (χ1) is 5.68. The molecule has 0 aromatic carbocycles. The summed E-state index contributed by atoms with van der Waals surface area (Å²) in [5.74, 6) is -0.164. The van der Waals surface area contributed by atoms with Crippen molar-refractivity contribution in [2.24, 2.45) is 5.92 Å². The molecule has 12 heavy (non-hydrogen) atoms. The van der Waals surface area contributed by atoms with Crippen molar-refractivity contribution in [1.82, 2.24) is 0 Å². The maximum absolute atomic E-state index is 10.4. The number of carboxylic acids is 1. The third-order valence-electron chi connectivity index (χ3n) is 1.94. The van der Waals surface area contributed by atoms with Gasteiger partial charge in [-0.15, -0.1) is 11.6 Å². The van der Waals surface area contributed by atoms with E-state index in [9.17, 15) is 4.79 Å². The van der Waals surface area contributed by atoms with Gasteiger partial charge in [-0.25, -0.2) is 0 Å². The predicted octanol–water partition coefficient (Wildman–Crippen LogP) is 2.90. The highest BCUT2D eigenvalue weighted by atomic mass is 35.5. The van der Waals surface area contributed by atoms with Crippen LogP contribution in [0.15, 0.2) is 0 Å². The Morgan fingerprint density at radius 2 is 1.92 bits per heavy atom. The van der Waals surface area contributed by atoms with Gasteiger partial charge in [-0.3, -0.25) is 4.79 Å². The molecule has 0 bridgehead atoms. The van der Waals surface area contributed by atoms with Crippen molar-refractivity contribution < 1.29 is 9.90 Å². The van der Waals surface area contributed by atoms with E-state index in [1.165, 1.54) is 0 Å². The smallest absolute Gasteiger partial charge is 0.306 e. The average molecular weight is 193 g/mol. The highest BCUT2D eigenvalue weighted by Crippen LogP contribution is 2.10. The third-order valence-corrected chi connectivity index (χ3v) is 2.21. The van der Waals surface area contributed by atoms with Gasteiger partial charge in [0.15, 0.2) is 0 Å². The summed E-state index contributed by atoms with van der Waals surface area (Å²) in [6.07, 6.45) is 5.06. The second kappa shape index (κ2) is 7.41. The zero-order valence-electron chi connectivity index (χ0n) is 7.55. The van der Waals surface area contributed by atoms with Gasteiger partial charge in [-0.05, 0) is 12.8 Å². The molecule has 3 heteroatoms. The number of carboxylic acid groups (broad SMARTS) is 1. The van der Waals surface area contributed by atoms with E-state index in [1.807, 2.05) is 0 Å². The summed E-state index contributed by atoms with van der Waals surface area (Å²) in [6.45, 7) is 1.75. The number of hydrogen-bond acceptors (Lipinski definition) is 1. The SMILES string of the molecule is CC(CCCCCCCl)C(=O)O. The quantitative estimate of drug-likeness (QED) is 0.498. The lowest BCUT2D eigenvalue weighted by molar-refractivity contribution is -0.141. The summed E-state index contributed by atoms with van der Waals surface area (Å²) in [5, 5.41) is 8.56. The minimum atomic E-state index is -0.688. The molecule has 0 radical (unpaired) electrons. The number of unbranched alkanes of at least 4 members (excludes halogenated alkanes) is 3. The molecule has 0 aliphatic rings. The highest BCUT2D eigenvalue weighted by molar-refractivity contribution is 6.17. The van der Waals surface area contributed by atoms with Crippen molar-refractivity contribution in [1.29, 1.82) is 0 Å². The molecule has 0 rings (SSSR count). The fourth-order valence-electron chi connectivity index (χ4n) is 1.02. The van der Waals surface area contributed by atoms with Crippen molar-refractivity contribution in [2.75, 3.05) is 5.88 Å². The molecular formula is C9H17ClO2. The predicted molar refractivity (Wildman–Crippen MR) is 50.6 cm³/mol. The topological polar surface area (TPSA) is 37.3 Å². The summed E-state index contributed by atoms with van der Waals surface area (Å²) in [4.78, 5) is 10.4. The molecule has 0 saturated heterocycles. The Morgan fingerprint density at radius 3 is 2.42 bits per heavy atom. The first kappa shape index (κ1) is 11.8. The molecule has 0 aromatic heterocycles. The van der Waals surface area contributed by atoms with Crippen LogP contribution in [-0.2, 0) is 4.79 Å². The number of carbonyl (C=O) groups is 1. The van der Waals surface area contributed by atoms with E-state index in [2.05, 4.69) is 0 Å². The van der Waals surface area contributed by atoms with Gasteiger partial charge in [0.2, 0.25) is 0 Å². The number of hydrogen-bond donors (Lipinski definition) is 1. The van der Waals surface area contributed by atoms with E-state index in [1.54, 1.807) is 6.92 Å². The molecule has 1 atom stereocenters. The minimum absolute atomic E-state index is 0.194. The van der Waals surface area contributed by atoms with Crippen molar-refractivity contribution >= 4 is 17.6 Å². The Hall–Kier alpha value is -0.240. The van der Waals surface area contributed by atoms with Gasteiger partial charge >= 0.3 is 5.97 Å². The van der Waals surface area contributed by atoms with E-state index >= 15 is 0 Å². The first-order valence-corrected chi connectivity index (χ1v) is 5.00. The van der Waals surface area contributed by atoms with E-state index in [4.69, 9.17) is 16.7 Å². The molecule has 0 heterocycles. The van der Waals surface area contributed by atoms with E-state index < -0.39 is 5.97 Å². The third kappa shape index (κ3) is 6.47. The summed E-state index contributed by atoms with van der Waals surface area (Å²) in [6, 6.07) is 0. The Morgan fingerprint density at radius 1 is 1.33 bits per heavy atom. The molecule has 0 aliphatic heterocycles. The van der Waals surface area contributed by atoms with Crippen LogP contribution in [0.4, 0.5) is 0 Å². The summed E-state index contributed by atoms with van der Waals surface area (Å²) in [7, 11) is 0. The van der Waals surface area contributed by atoms with Gasteiger partial charge in [-0.1, -0.05) is 26.2 Å². The lowest BCUT2D eigenvalue weighted by atomic mass is 10.0.